The number of rotatable bonds is 4. The molecule has 1 fully saturated rings. The maximum Gasteiger partial charge on any atom is 0.273 e. The van der Waals surface area contributed by atoms with E-state index in [-0.39, 0.29) is 22.9 Å². The molecule has 0 aromatic heterocycles. The predicted molar refractivity (Wildman–Crippen MR) is 86.6 cm³/mol. The lowest BCUT2D eigenvalue weighted by molar-refractivity contribution is -0.132. The molecular formula is C17H18NO2S+. The van der Waals surface area contributed by atoms with E-state index in [4.69, 9.17) is 0 Å². The lowest BCUT2D eigenvalue weighted by Crippen LogP contribution is -2.37. The number of hydrogen-bond donors (Lipinski definition) is 0. The van der Waals surface area contributed by atoms with Crippen LogP contribution in [0.3, 0.4) is 0 Å². The second-order valence-electron chi connectivity index (χ2n) is 5.12. The van der Waals surface area contributed by atoms with Crippen LogP contribution >= 0.6 is 0 Å². The smallest absolute Gasteiger partial charge is 0.270 e. The predicted octanol–water partition coefficient (Wildman–Crippen LogP) is 3.04. The van der Waals surface area contributed by atoms with Gasteiger partial charge in [0.05, 0.1) is 0 Å². The SMILES string of the molecule is CC[S+](Cc1cccc2ccccc12)N1C(=O)CCC1=O. The highest BCUT2D eigenvalue weighted by atomic mass is 32.2. The van der Waals surface area contributed by atoms with Crippen molar-refractivity contribution in [1.82, 2.24) is 4.31 Å². The van der Waals surface area contributed by atoms with E-state index >= 15 is 0 Å². The Morgan fingerprint density at radius 3 is 2.38 bits per heavy atom. The zero-order valence-corrected chi connectivity index (χ0v) is 12.9. The second kappa shape index (κ2) is 5.90. The van der Waals surface area contributed by atoms with Crippen molar-refractivity contribution in [2.45, 2.75) is 25.5 Å². The summed E-state index contributed by atoms with van der Waals surface area (Å²) in [6, 6.07) is 14.5. The quantitative estimate of drug-likeness (QED) is 0.643. The second-order valence-corrected chi connectivity index (χ2v) is 7.27. The fraction of sp³-hybridized carbons (Fsp3) is 0.294. The number of imide groups is 1. The molecule has 0 radical (unpaired) electrons. The Morgan fingerprint density at radius 1 is 1.00 bits per heavy atom. The van der Waals surface area contributed by atoms with Gasteiger partial charge in [-0.25, -0.2) is 0 Å². The van der Waals surface area contributed by atoms with Crippen LogP contribution in [-0.2, 0) is 26.4 Å². The zero-order valence-electron chi connectivity index (χ0n) is 12.0. The number of benzene rings is 2. The lowest BCUT2D eigenvalue weighted by Gasteiger charge is -2.15. The van der Waals surface area contributed by atoms with Gasteiger partial charge in [0.1, 0.15) is 16.8 Å². The van der Waals surface area contributed by atoms with Gasteiger partial charge in [0, 0.05) is 18.4 Å². The van der Waals surface area contributed by atoms with Crippen LogP contribution in [0.2, 0.25) is 0 Å². The molecule has 0 aliphatic carbocycles. The average Bonchev–Trinajstić information content (AvgIpc) is 2.84. The van der Waals surface area contributed by atoms with Crippen molar-refractivity contribution >= 4 is 33.7 Å². The van der Waals surface area contributed by atoms with E-state index in [2.05, 4.69) is 24.3 Å². The van der Waals surface area contributed by atoms with Crippen molar-refractivity contribution in [3.8, 4) is 0 Å². The van der Waals surface area contributed by atoms with Gasteiger partial charge in [-0.2, -0.15) is 0 Å². The van der Waals surface area contributed by atoms with Crippen LogP contribution in [0.4, 0.5) is 0 Å². The molecule has 2 aromatic carbocycles. The summed E-state index contributed by atoms with van der Waals surface area (Å²) >= 11 is -0.340. The van der Waals surface area contributed by atoms with Gasteiger partial charge in [0.25, 0.3) is 11.8 Å². The monoisotopic (exact) mass is 300 g/mol. The standard InChI is InChI=1S/C17H18NO2S/c1-2-21(18-16(19)10-11-17(18)20)12-14-8-5-7-13-6-3-4-9-15(13)14/h3-9H,2,10-12H2,1H3/q+1. The van der Waals surface area contributed by atoms with Gasteiger partial charge in [-0.1, -0.05) is 46.8 Å². The zero-order chi connectivity index (χ0) is 14.8. The number of nitrogens with zero attached hydrogens (tertiary/aromatic N) is 1. The lowest BCUT2D eigenvalue weighted by atomic mass is 10.1. The number of carbonyl (C=O) groups is 2. The first kappa shape index (κ1) is 14.1. The Labute approximate surface area is 127 Å². The molecule has 1 aliphatic rings. The summed E-state index contributed by atoms with van der Waals surface area (Å²) < 4.78 is 1.52. The van der Waals surface area contributed by atoms with E-state index in [1.807, 2.05) is 25.1 Å². The number of hydrogen-bond acceptors (Lipinski definition) is 2. The molecule has 3 nitrogen and oxygen atoms in total. The molecule has 0 saturated carbocycles. The average molecular weight is 300 g/mol. The van der Waals surface area contributed by atoms with Gasteiger partial charge < -0.3 is 0 Å². The largest absolute Gasteiger partial charge is 0.273 e. The molecule has 1 unspecified atom stereocenters. The molecular weight excluding hydrogens is 282 g/mol. The minimum atomic E-state index is -0.340. The Bertz CT molecular complexity index is 677. The van der Waals surface area contributed by atoms with Crippen LogP contribution in [-0.4, -0.2) is 21.9 Å². The van der Waals surface area contributed by atoms with E-state index in [9.17, 15) is 9.59 Å². The molecule has 1 heterocycles. The fourth-order valence-electron chi connectivity index (χ4n) is 2.74. The molecule has 2 amide bonds. The van der Waals surface area contributed by atoms with Gasteiger partial charge in [0.2, 0.25) is 0 Å². The Hall–Kier alpha value is -1.81. The normalized spacial score (nSPS) is 16.7. The van der Waals surface area contributed by atoms with Gasteiger partial charge in [-0.15, -0.1) is 0 Å². The molecule has 1 saturated heterocycles. The van der Waals surface area contributed by atoms with Crippen molar-refractivity contribution in [2.75, 3.05) is 5.75 Å². The first-order chi connectivity index (χ1) is 10.2. The van der Waals surface area contributed by atoms with E-state index < -0.39 is 0 Å². The van der Waals surface area contributed by atoms with E-state index in [1.54, 1.807) is 0 Å². The number of fused-ring (bicyclic) bond motifs is 1. The molecule has 3 rings (SSSR count). The van der Waals surface area contributed by atoms with Crippen molar-refractivity contribution in [3.05, 3.63) is 48.0 Å². The number of amides is 2. The van der Waals surface area contributed by atoms with Crippen LogP contribution in [0.25, 0.3) is 10.8 Å². The third kappa shape index (κ3) is 2.68. The van der Waals surface area contributed by atoms with Gasteiger partial charge in [-0.05, 0) is 17.7 Å². The van der Waals surface area contributed by atoms with Gasteiger partial charge >= 0.3 is 0 Å². The van der Waals surface area contributed by atoms with Gasteiger partial charge in [0.15, 0.2) is 5.75 Å². The van der Waals surface area contributed by atoms with E-state index in [0.29, 0.717) is 12.8 Å². The Balaban J connectivity index is 1.93. The van der Waals surface area contributed by atoms with Crippen molar-refractivity contribution in [3.63, 3.8) is 0 Å². The number of carbonyl (C=O) groups excluding carboxylic acids is 2. The minimum absolute atomic E-state index is 0.00887. The van der Waals surface area contributed by atoms with Crippen molar-refractivity contribution < 1.29 is 9.59 Å². The molecule has 1 aliphatic heterocycles. The molecule has 4 heteroatoms. The van der Waals surface area contributed by atoms with Crippen LogP contribution in [0, 0.1) is 0 Å². The summed E-state index contributed by atoms with van der Waals surface area (Å²) in [6.07, 6.45) is 0.746. The summed E-state index contributed by atoms with van der Waals surface area (Å²) in [6.45, 7) is 2.05. The van der Waals surface area contributed by atoms with Crippen molar-refractivity contribution in [1.29, 1.82) is 0 Å². The summed E-state index contributed by atoms with van der Waals surface area (Å²) in [5, 5.41) is 2.42. The topological polar surface area (TPSA) is 37.4 Å². The maximum absolute atomic E-state index is 12.0. The molecule has 108 valence electrons. The minimum Gasteiger partial charge on any atom is -0.270 e. The molecule has 0 spiro atoms. The highest BCUT2D eigenvalue weighted by Gasteiger charge is 2.42. The molecule has 21 heavy (non-hydrogen) atoms. The first-order valence-corrected chi connectivity index (χ1v) is 8.72. The van der Waals surface area contributed by atoms with Crippen LogP contribution < -0.4 is 0 Å². The third-order valence-electron chi connectivity index (χ3n) is 3.80. The van der Waals surface area contributed by atoms with Crippen LogP contribution in [0.15, 0.2) is 42.5 Å². The highest BCUT2D eigenvalue weighted by Crippen LogP contribution is 2.25. The Kier molecular flexibility index (Phi) is 3.97. The molecule has 1 atom stereocenters. The highest BCUT2D eigenvalue weighted by molar-refractivity contribution is 7.94. The summed E-state index contributed by atoms with van der Waals surface area (Å²) in [5.41, 5.74) is 1.21. The van der Waals surface area contributed by atoms with Crippen LogP contribution in [0.1, 0.15) is 25.3 Å². The van der Waals surface area contributed by atoms with E-state index in [0.717, 1.165) is 11.5 Å². The summed E-state index contributed by atoms with van der Waals surface area (Å²) in [7, 11) is 0. The first-order valence-electron chi connectivity index (χ1n) is 7.20. The third-order valence-corrected chi connectivity index (χ3v) is 6.03. The maximum atomic E-state index is 12.0. The molecule has 0 N–H and O–H groups in total. The fourth-order valence-corrected chi connectivity index (χ4v) is 4.70. The molecule has 0 bridgehead atoms. The Morgan fingerprint density at radius 2 is 1.67 bits per heavy atom. The van der Waals surface area contributed by atoms with Crippen LogP contribution in [0.5, 0.6) is 0 Å². The summed E-state index contributed by atoms with van der Waals surface area (Å²) in [4.78, 5) is 23.9. The summed E-state index contributed by atoms with van der Waals surface area (Å²) in [5.74, 6) is 1.56. The van der Waals surface area contributed by atoms with Crippen molar-refractivity contribution in [2.24, 2.45) is 0 Å². The molecule has 2 aromatic rings. The van der Waals surface area contributed by atoms with Gasteiger partial charge in [-0.3, -0.25) is 9.59 Å². The van der Waals surface area contributed by atoms with E-state index in [1.165, 1.54) is 20.6 Å².